The average molecular weight is 193 g/mol. The Bertz CT molecular complexity index is 209. The van der Waals surface area contributed by atoms with E-state index in [2.05, 4.69) is 5.01 Å². The first-order valence-corrected chi connectivity index (χ1v) is 5.34. The molecule has 0 aromatic heterocycles. The minimum absolute atomic E-state index is 0.182. The lowest BCUT2D eigenvalue weighted by molar-refractivity contribution is 0.223. The summed E-state index contributed by atoms with van der Waals surface area (Å²) in [5, 5.41) is 12.0. The lowest BCUT2D eigenvalue weighted by atomic mass is 10.9. The van der Waals surface area contributed by atoms with Crippen LogP contribution >= 0.6 is 7.60 Å². The molecule has 0 atom stereocenters. The SMILES string of the molecule is CCOP(=O)(CC#[N+][O-])OCC. The van der Waals surface area contributed by atoms with E-state index < -0.39 is 7.60 Å². The van der Waals surface area contributed by atoms with E-state index in [0.29, 0.717) is 0 Å². The predicted octanol–water partition coefficient (Wildman–Crippen LogP) is 2.08. The van der Waals surface area contributed by atoms with Crippen LogP contribution in [0.2, 0.25) is 0 Å². The third-order valence-electron chi connectivity index (χ3n) is 0.981. The van der Waals surface area contributed by atoms with Crippen molar-refractivity contribution in [2.45, 2.75) is 13.8 Å². The second kappa shape index (κ2) is 6.01. The standard InChI is InChI=1S/C6H12NO4P/c1-3-10-12(9,11-4-2)6-5-7-8/h3-4,6H2,1-2H3. The fourth-order valence-corrected chi connectivity index (χ4v) is 1.91. The van der Waals surface area contributed by atoms with Gasteiger partial charge in [0.25, 0.3) is 0 Å². The summed E-state index contributed by atoms with van der Waals surface area (Å²) in [5.41, 5.74) is 0. The molecule has 0 aliphatic rings. The lowest BCUT2D eigenvalue weighted by Gasteiger charge is -2.11. The van der Waals surface area contributed by atoms with Crippen LogP contribution in [0.3, 0.4) is 0 Å². The van der Waals surface area contributed by atoms with Gasteiger partial charge in [-0.1, -0.05) is 0 Å². The highest BCUT2D eigenvalue weighted by atomic mass is 31.2. The fraction of sp³-hybridized carbons (Fsp3) is 0.833. The van der Waals surface area contributed by atoms with Gasteiger partial charge in [-0.25, -0.2) is 0 Å². The summed E-state index contributed by atoms with van der Waals surface area (Å²) in [7, 11) is -3.14. The third kappa shape index (κ3) is 4.35. The molecule has 0 heterocycles. The van der Waals surface area contributed by atoms with Crippen LogP contribution in [0.4, 0.5) is 0 Å². The van der Waals surface area contributed by atoms with Crippen LogP contribution in [0.1, 0.15) is 13.8 Å². The Hall–Kier alpha value is -0.560. The highest BCUT2D eigenvalue weighted by Crippen LogP contribution is 2.47. The van der Waals surface area contributed by atoms with Gasteiger partial charge in [-0.2, -0.15) is 0 Å². The quantitative estimate of drug-likeness (QED) is 0.495. The van der Waals surface area contributed by atoms with Crippen LogP contribution in [0.15, 0.2) is 0 Å². The molecule has 0 radical (unpaired) electrons. The lowest BCUT2D eigenvalue weighted by Crippen LogP contribution is -1.98. The van der Waals surface area contributed by atoms with Crippen molar-refractivity contribution in [3.8, 4) is 6.07 Å². The molecule has 0 fully saturated rings. The van der Waals surface area contributed by atoms with Crippen molar-refractivity contribution < 1.29 is 13.6 Å². The van der Waals surface area contributed by atoms with E-state index in [1.807, 2.05) is 6.07 Å². The molecule has 6 heteroatoms. The van der Waals surface area contributed by atoms with Crippen molar-refractivity contribution in [2.75, 3.05) is 19.4 Å². The van der Waals surface area contributed by atoms with Gasteiger partial charge in [0.05, 0.1) is 13.2 Å². The number of rotatable bonds is 5. The molecule has 0 aliphatic heterocycles. The molecule has 0 aromatic carbocycles. The summed E-state index contributed by atoms with van der Waals surface area (Å²) in [6, 6.07) is 2.01. The summed E-state index contributed by atoms with van der Waals surface area (Å²) < 4.78 is 21.2. The number of hydrogen-bond donors (Lipinski definition) is 0. The topological polar surface area (TPSA) is 63.0 Å². The monoisotopic (exact) mass is 193 g/mol. The molecular formula is C6H12NO4P. The fourth-order valence-electron chi connectivity index (χ4n) is 0.637. The largest absolute Gasteiger partial charge is 0.498 e. The Morgan fingerprint density at radius 3 is 2.25 bits per heavy atom. The molecule has 0 spiro atoms. The predicted molar refractivity (Wildman–Crippen MR) is 46.3 cm³/mol. The first kappa shape index (κ1) is 11.4. The second-order valence-corrected chi connectivity index (χ2v) is 3.91. The summed E-state index contributed by atoms with van der Waals surface area (Å²) >= 11 is 0. The van der Waals surface area contributed by atoms with Crippen LogP contribution in [0.25, 0.3) is 5.01 Å². The Kier molecular flexibility index (Phi) is 5.73. The van der Waals surface area contributed by atoms with E-state index >= 15 is 0 Å². The van der Waals surface area contributed by atoms with Gasteiger partial charge in [-0.05, 0) is 13.8 Å². The van der Waals surface area contributed by atoms with Gasteiger partial charge in [0.1, 0.15) is 0 Å². The molecular weight excluding hydrogens is 181 g/mol. The minimum Gasteiger partial charge on any atom is -0.498 e. The molecule has 0 aromatic rings. The van der Waals surface area contributed by atoms with Gasteiger partial charge in [0, 0.05) is 5.01 Å². The molecule has 0 saturated heterocycles. The van der Waals surface area contributed by atoms with Crippen molar-refractivity contribution in [1.29, 1.82) is 0 Å². The Balaban J connectivity index is 4.14. The molecule has 0 N–H and O–H groups in total. The van der Waals surface area contributed by atoms with Crippen LogP contribution < -0.4 is 0 Å². The molecule has 0 aliphatic carbocycles. The summed E-state index contributed by atoms with van der Waals surface area (Å²) in [6.45, 7) is 3.94. The van der Waals surface area contributed by atoms with E-state index in [-0.39, 0.29) is 19.4 Å². The molecule has 0 bridgehead atoms. The minimum atomic E-state index is -3.14. The maximum atomic E-state index is 11.5. The Labute approximate surface area is 71.6 Å². The molecule has 0 unspecified atom stereocenters. The zero-order valence-corrected chi connectivity index (χ0v) is 8.04. The molecule has 70 valence electrons. The Morgan fingerprint density at radius 1 is 1.42 bits per heavy atom. The summed E-state index contributed by atoms with van der Waals surface area (Å²) in [6.07, 6.45) is -0.182. The van der Waals surface area contributed by atoms with Gasteiger partial charge < -0.3 is 14.3 Å². The van der Waals surface area contributed by atoms with Gasteiger partial charge in [0.15, 0.2) is 6.16 Å². The molecule has 5 nitrogen and oxygen atoms in total. The summed E-state index contributed by atoms with van der Waals surface area (Å²) in [5.74, 6) is 0. The van der Waals surface area contributed by atoms with Crippen molar-refractivity contribution in [3.63, 3.8) is 0 Å². The normalized spacial score (nSPS) is 10.5. The Morgan fingerprint density at radius 2 is 1.92 bits per heavy atom. The van der Waals surface area contributed by atoms with Crippen molar-refractivity contribution in [2.24, 2.45) is 0 Å². The molecule has 0 saturated carbocycles. The van der Waals surface area contributed by atoms with Crippen LogP contribution in [0.5, 0.6) is 0 Å². The first-order valence-electron chi connectivity index (χ1n) is 3.62. The van der Waals surface area contributed by atoms with E-state index in [1.54, 1.807) is 13.8 Å². The molecule has 0 amide bonds. The second-order valence-electron chi connectivity index (χ2n) is 1.85. The first-order chi connectivity index (χ1) is 5.68. The van der Waals surface area contributed by atoms with Crippen molar-refractivity contribution in [1.82, 2.24) is 0 Å². The van der Waals surface area contributed by atoms with Crippen LogP contribution in [-0.4, -0.2) is 19.4 Å². The molecule has 12 heavy (non-hydrogen) atoms. The molecule has 0 rings (SSSR count). The van der Waals surface area contributed by atoms with E-state index in [9.17, 15) is 9.77 Å². The smallest absolute Gasteiger partial charge is 0.349 e. The number of hydrogen-bond acceptors (Lipinski definition) is 4. The zero-order valence-electron chi connectivity index (χ0n) is 7.15. The van der Waals surface area contributed by atoms with Gasteiger partial charge >= 0.3 is 13.7 Å². The maximum absolute atomic E-state index is 11.5. The highest BCUT2D eigenvalue weighted by molar-refractivity contribution is 7.54. The third-order valence-corrected chi connectivity index (χ3v) is 2.81. The summed E-state index contributed by atoms with van der Waals surface area (Å²) in [4.78, 5) is 0. The van der Waals surface area contributed by atoms with Crippen molar-refractivity contribution >= 4 is 7.60 Å². The van der Waals surface area contributed by atoms with Crippen LogP contribution in [-0.2, 0) is 13.6 Å². The van der Waals surface area contributed by atoms with E-state index in [1.165, 1.54) is 0 Å². The maximum Gasteiger partial charge on any atom is 0.349 e. The van der Waals surface area contributed by atoms with Gasteiger partial charge in [-0.15, -0.1) is 0 Å². The van der Waals surface area contributed by atoms with E-state index in [4.69, 9.17) is 9.05 Å². The van der Waals surface area contributed by atoms with Crippen molar-refractivity contribution in [3.05, 3.63) is 10.2 Å². The highest BCUT2D eigenvalue weighted by Gasteiger charge is 2.24. The number of nitrogens with zero attached hydrogens (tertiary/aromatic N) is 1. The van der Waals surface area contributed by atoms with Gasteiger partial charge in [-0.3, -0.25) is 4.57 Å². The average Bonchev–Trinajstić information content (AvgIpc) is 2.02. The van der Waals surface area contributed by atoms with E-state index in [0.717, 1.165) is 0 Å². The van der Waals surface area contributed by atoms with Crippen LogP contribution in [0, 0.1) is 11.3 Å². The zero-order chi connectivity index (χ0) is 9.45. The van der Waals surface area contributed by atoms with Gasteiger partial charge in [0.2, 0.25) is 0 Å².